The summed E-state index contributed by atoms with van der Waals surface area (Å²) in [6.07, 6.45) is 2.79. The van der Waals surface area contributed by atoms with Crippen LogP contribution in [0.15, 0.2) is 18.2 Å². The van der Waals surface area contributed by atoms with E-state index in [1.165, 1.54) is 48.1 Å². The molecule has 0 unspecified atom stereocenters. The lowest BCUT2D eigenvalue weighted by atomic mass is 9.82. The molecule has 0 N–H and O–H groups in total. The quantitative estimate of drug-likeness (QED) is 0.691. The third-order valence-electron chi connectivity index (χ3n) is 4.45. The molecule has 18 heavy (non-hydrogen) atoms. The molecular formula is C17H28N+. The van der Waals surface area contributed by atoms with Crippen LogP contribution in [0.2, 0.25) is 0 Å². The highest BCUT2D eigenvalue weighted by Crippen LogP contribution is 2.29. The van der Waals surface area contributed by atoms with Gasteiger partial charge in [-0.25, -0.2) is 0 Å². The van der Waals surface area contributed by atoms with E-state index in [0.717, 1.165) is 0 Å². The summed E-state index contributed by atoms with van der Waals surface area (Å²) in [5.41, 5.74) is 4.82. The van der Waals surface area contributed by atoms with Crippen LogP contribution in [0.4, 0.5) is 0 Å². The molecular weight excluding hydrogens is 218 g/mol. The monoisotopic (exact) mass is 246 g/mol. The first-order valence-corrected chi connectivity index (χ1v) is 7.24. The van der Waals surface area contributed by atoms with Crippen molar-refractivity contribution in [3.8, 4) is 0 Å². The largest absolute Gasteiger partial charge is 0.322 e. The Hall–Kier alpha value is -0.820. The molecule has 0 spiro atoms. The Labute approximate surface area is 112 Å². The molecule has 100 valence electrons. The first-order chi connectivity index (χ1) is 8.32. The SMILES string of the molecule is Cc1c(C[N+]2(C)CCCC2)cccc1C(C)(C)C. The van der Waals surface area contributed by atoms with Crippen molar-refractivity contribution < 1.29 is 4.48 Å². The fourth-order valence-corrected chi connectivity index (χ4v) is 3.34. The molecule has 1 saturated heterocycles. The molecule has 0 radical (unpaired) electrons. The van der Waals surface area contributed by atoms with Gasteiger partial charge < -0.3 is 4.48 Å². The lowest BCUT2D eigenvalue weighted by Gasteiger charge is -2.31. The third kappa shape index (κ3) is 2.77. The van der Waals surface area contributed by atoms with Crippen molar-refractivity contribution in [2.24, 2.45) is 0 Å². The van der Waals surface area contributed by atoms with E-state index in [1.807, 2.05) is 0 Å². The molecule has 0 amide bonds. The Bertz CT molecular complexity index is 420. The normalized spacial score (nSPS) is 19.2. The molecule has 1 heterocycles. The summed E-state index contributed by atoms with van der Waals surface area (Å²) < 4.78 is 1.23. The van der Waals surface area contributed by atoms with Crippen molar-refractivity contribution in [3.63, 3.8) is 0 Å². The van der Waals surface area contributed by atoms with Gasteiger partial charge >= 0.3 is 0 Å². The molecule has 0 aromatic heterocycles. The van der Waals surface area contributed by atoms with Crippen LogP contribution >= 0.6 is 0 Å². The van der Waals surface area contributed by atoms with E-state index in [4.69, 9.17) is 0 Å². The second-order valence-corrected chi connectivity index (χ2v) is 7.27. The number of rotatable bonds is 2. The minimum Gasteiger partial charge on any atom is -0.322 e. The Kier molecular flexibility index (Phi) is 3.55. The van der Waals surface area contributed by atoms with Gasteiger partial charge in [-0.2, -0.15) is 0 Å². The van der Waals surface area contributed by atoms with Crippen LogP contribution < -0.4 is 0 Å². The second-order valence-electron chi connectivity index (χ2n) is 7.27. The van der Waals surface area contributed by atoms with E-state index in [9.17, 15) is 0 Å². The molecule has 0 aliphatic carbocycles. The smallest absolute Gasteiger partial charge is 0.104 e. The van der Waals surface area contributed by atoms with Gasteiger partial charge in [-0.1, -0.05) is 39.0 Å². The highest BCUT2D eigenvalue weighted by atomic mass is 15.3. The van der Waals surface area contributed by atoms with Crippen molar-refractivity contribution in [3.05, 3.63) is 34.9 Å². The Balaban J connectivity index is 2.29. The number of nitrogens with zero attached hydrogens (tertiary/aromatic N) is 1. The Morgan fingerprint density at radius 3 is 2.28 bits per heavy atom. The number of hydrogen-bond donors (Lipinski definition) is 0. The summed E-state index contributed by atoms with van der Waals surface area (Å²) in [6.45, 7) is 13.1. The van der Waals surface area contributed by atoms with Crippen LogP contribution in [-0.4, -0.2) is 24.6 Å². The van der Waals surface area contributed by atoms with Gasteiger partial charge in [-0.15, -0.1) is 0 Å². The van der Waals surface area contributed by atoms with Crippen LogP contribution in [-0.2, 0) is 12.0 Å². The minimum atomic E-state index is 0.254. The summed E-state index contributed by atoms with van der Waals surface area (Å²) >= 11 is 0. The number of quaternary nitrogens is 1. The fourth-order valence-electron chi connectivity index (χ4n) is 3.34. The molecule has 1 aliphatic heterocycles. The summed E-state index contributed by atoms with van der Waals surface area (Å²) in [6, 6.07) is 6.86. The van der Waals surface area contributed by atoms with Crippen molar-refractivity contribution in [2.75, 3.05) is 20.1 Å². The lowest BCUT2D eigenvalue weighted by molar-refractivity contribution is -0.910. The Morgan fingerprint density at radius 2 is 1.72 bits per heavy atom. The van der Waals surface area contributed by atoms with Crippen LogP contribution in [0, 0.1) is 6.92 Å². The molecule has 1 heteroatoms. The second kappa shape index (κ2) is 4.70. The zero-order chi connectivity index (χ0) is 13.4. The first kappa shape index (κ1) is 13.6. The van der Waals surface area contributed by atoms with Crippen LogP contribution in [0.25, 0.3) is 0 Å². The van der Waals surface area contributed by atoms with E-state index in [0.29, 0.717) is 0 Å². The summed E-state index contributed by atoms with van der Waals surface area (Å²) in [4.78, 5) is 0. The topological polar surface area (TPSA) is 0 Å². The van der Waals surface area contributed by atoms with Crippen LogP contribution in [0.5, 0.6) is 0 Å². The van der Waals surface area contributed by atoms with Gasteiger partial charge in [0.25, 0.3) is 0 Å². The summed E-state index contributed by atoms with van der Waals surface area (Å²) in [7, 11) is 2.41. The molecule has 2 rings (SSSR count). The van der Waals surface area contributed by atoms with Crippen LogP contribution in [0.3, 0.4) is 0 Å². The first-order valence-electron chi connectivity index (χ1n) is 7.24. The molecule has 1 aliphatic rings. The van der Waals surface area contributed by atoms with Gasteiger partial charge in [-0.05, 0) is 23.5 Å². The highest BCUT2D eigenvalue weighted by Gasteiger charge is 2.28. The van der Waals surface area contributed by atoms with Gasteiger partial charge in [0.2, 0.25) is 0 Å². The van der Waals surface area contributed by atoms with Gasteiger partial charge in [0.05, 0.1) is 20.1 Å². The standard InChI is InChI=1S/C17H28N/c1-14-15(13-18(5)11-6-7-12-18)9-8-10-16(14)17(2,3)4/h8-10H,6-7,11-13H2,1-5H3/q+1. The maximum Gasteiger partial charge on any atom is 0.104 e. The zero-order valence-corrected chi connectivity index (χ0v) is 12.7. The van der Waals surface area contributed by atoms with Gasteiger partial charge in [-0.3, -0.25) is 0 Å². The van der Waals surface area contributed by atoms with Gasteiger partial charge in [0, 0.05) is 18.4 Å². The maximum absolute atomic E-state index is 2.41. The van der Waals surface area contributed by atoms with Crippen molar-refractivity contribution >= 4 is 0 Å². The molecule has 0 saturated carbocycles. The van der Waals surface area contributed by atoms with Gasteiger partial charge in [0.1, 0.15) is 6.54 Å². The maximum atomic E-state index is 2.41. The number of benzene rings is 1. The summed E-state index contributed by atoms with van der Waals surface area (Å²) in [5, 5.41) is 0. The predicted molar refractivity (Wildman–Crippen MR) is 78.7 cm³/mol. The minimum absolute atomic E-state index is 0.254. The average molecular weight is 246 g/mol. The van der Waals surface area contributed by atoms with Crippen molar-refractivity contribution in [2.45, 2.75) is 52.5 Å². The van der Waals surface area contributed by atoms with Gasteiger partial charge in [0.15, 0.2) is 0 Å². The van der Waals surface area contributed by atoms with E-state index in [2.05, 4.69) is 52.9 Å². The van der Waals surface area contributed by atoms with E-state index >= 15 is 0 Å². The molecule has 1 nitrogen and oxygen atoms in total. The Morgan fingerprint density at radius 1 is 1.11 bits per heavy atom. The van der Waals surface area contributed by atoms with Crippen LogP contribution in [0.1, 0.15) is 50.3 Å². The molecule has 0 atom stereocenters. The van der Waals surface area contributed by atoms with Crippen molar-refractivity contribution in [1.82, 2.24) is 0 Å². The lowest BCUT2D eigenvalue weighted by Crippen LogP contribution is -2.40. The number of likely N-dealkylation sites (tertiary alicyclic amines) is 1. The number of hydrogen-bond acceptors (Lipinski definition) is 0. The third-order valence-corrected chi connectivity index (χ3v) is 4.45. The molecule has 1 aromatic carbocycles. The van der Waals surface area contributed by atoms with Crippen molar-refractivity contribution in [1.29, 1.82) is 0 Å². The molecule has 0 bridgehead atoms. The fraction of sp³-hybridized carbons (Fsp3) is 0.647. The zero-order valence-electron chi connectivity index (χ0n) is 12.7. The van der Waals surface area contributed by atoms with E-state index < -0.39 is 0 Å². The molecule has 1 fully saturated rings. The predicted octanol–water partition coefficient (Wildman–Crippen LogP) is 4.03. The summed E-state index contributed by atoms with van der Waals surface area (Å²) in [5.74, 6) is 0. The highest BCUT2D eigenvalue weighted by molar-refractivity contribution is 5.37. The van der Waals surface area contributed by atoms with E-state index in [-0.39, 0.29) is 5.41 Å². The molecule has 1 aromatic rings. The van der Waals surface area contributed by atoms with E-state index in [1.54, 1.807) is 5.56 Å². The average Bonchev–Trinajstić information content (AvgIpc) is 2.67.